The minimum absolute atomic E-state index is 0.140. The fourth-order valence-electron chi connectivity index (χ4n) is 10.4. The molecule has 2 unspecified atom stereocenters. The molecular weight excluding hydrogens is 648 g/mol. The maximum atomic E-state index is 14.8. The number of carboxylic acids is 1. The lowest BCUT2D eigenvalue weighted by Gasteiger charge is -2.65. The molecule has 272 valence electrons. The van der Waals surface area contributed by atoms with E-state index in [0.717, 1.165) is 0 Å². The highest BCUT2D eigenvalue weighted by atomic mass is 16.7. The summed E-state index contributed by atoms with van der Waals surface area (Å²) in [5, 5.41) is 52.3. The summed E-state index contributed by atoms with van der Waals surface area (Å²) < 4.78 is 35.6. The van der Waals surface area contributed by atoms with Crippen LogP contribution >= 0.6 is 0 Å². The van der Waals surface area contributed by atoms with Crippen LogP contribution in [0.2, 0.25) is 0 Å². The van der Waals surface area contributed by atoms with Crippen LogP contribution in [-0.4, -0.2) is 110 Å². The molecule has 0 amide bonds. The lowest BCUT2D eigenvalue weighted by molar-refractivity contribution is -0.328. The first-order valence-electron chi connectivity index (χ1n) is 16.6. The Bertz CT molecular complexity index is 1490. The zero-order chi connectivity index (χ0) is 36.1. The van der Waals surface area contributed by atoms with Gasteiger partial charge in [0.15, 0.2) is 12.4 Å². The molecule has 3 aliphatic heterocycles. The van der Waals surface area contributed by atoms with Gasteiger partial charge in [0.2, 0.25) is 0 Å². The highest BCUT2D eigenvalue weighted by Crippen LogP contribution is 2.77. The first-order chi connectivity index (χ1) is 22.8. The number of aliphatic hydroxyl groups excluding tert-OH is 4. The Morgan fingerprint density at radius 3 is 2.29 bits per heavy atom. The third-order valence-corrected chi connectivity index (χ3v) is 12.7. The zero-order valence-electron chi connectivity index (χ0n) is 28.4. The van der Waals surface area contributed by atoms with Crippen LogP contribution < -0.4 is 0 Å². The normalized spacial score (nSPS) is 46.5. The first-order valence-corrected chi connectivity index (χ1v) is 16.6. The van der Waals surface area contributed by atoms with Gasteiger partial charge in [-0.05, 0) is 45.6 Å². The molecule has 0 bridgehead atoms. The van der Waals surface area contributed by atoms with Crippen molar-refractivity contribution in [3.05, 3.63) is 24.2 Å². The molecule has 0 aromatic carbocycles. The molecule has 1 aromatic heterocycles. The number of esters is 2. The van der Waals surface area contributed by atoms with Crippen LogP contribution in [0, 0.1) is 28.1 Å². The molecule has 5 aliphatic rings. The topological polar surface area (TPSA) is 232 Å². The Hall–Kier alpha value is -2.92. The van der Waals surface area contributed by atoms with Gasteiger partial charge in [-0.2, -0.15) is 0 Å². The van der Waals surface area contributed by atoms with Crippen molar-refractivity contribution in [2.75, 3.05) is 6.61 Å². The second-order valence-corrected chi connectivity index (χ2v) is 15.5. The number of aliphatic carboxylic acids is 1. The number of ether oxygens (including phenoxy) is 5. The van der Waals surface area contributed by atoms with Crippen molar-refractivity contribution in [3.63, 3.8) is 0 Å². The first kappa shape index (κ1) is 35.9. The average molecular weight is 695 g/mol. The number of hydrogen-bond donors (Lipinski definition) is 5. The lowest BCUT2D eigenvalue weighted by Crippen LogP contribution is -2.72. The summed E-state index contributed by atoms with van der Waals surface area (Å²) in [6, 6.07) is 1.58. The molecule has 5 N–H and O–H groups in total. The Morgan fingerprint density at radius 1 is 1.02 bits per heavy atom. The number of carbonyl (C=O) groups excluding carboxylic acids is 3. The number of cyclic esters (lactones) is 1. The SMILES string of the molecule is CC(=O)O[C@H]1CC(=O)OC(C)(C)C2CC(=O)[C@]3(C)C(CC[C@@](C)([C@@H](O[C@@H]4O[C@H](CO)[C@@H](O)[C@H](O)[C@H]4O)c4ccoc4)[C@@]34O[C@@H]4C(=O)O)[C@]21C. The molecule has 5 fully saturated rings. The van der Waals surface area contributed by atoms with Crippen molar-refractivity contribution in [1.82, 2.24) is 0 Å². The van der Waals surface area contributed by atoms with Crippen LogP contribution in [0.25, 0.3) is 0 Å². The van der Waals surface area contributed by atoms with Gasteiger partial charge in [-0.3, -0.25) is 14.4 Å². The van der Waals surface area contributed by atoms with E-state index in [1.165, 1.54) is 19.5 Å². The van der Waals surface area contributed by atoms with Gasteiger partial charge in [-0.15, -0.1) is 0 Å². The third-order valence-electron chi connectivity index (χ3n) is 12.7. The van der Waals surface area contributed by atoms with Crippen molar-refractivity contribution >= 4 is 23.7 Å². The van der Waals surface area contributed by atoms with Crippen molar-refractivity contribution in [2.45, 2.75) is 127 Å². The summed E-state index contributed by atoms with van der Waals surface area (Å²) >= 11 is 0. The van der Waals surface area contributed by atoms with E-state index in [1.54, 1.807) is 33.8 Å². The molecule has 1 spiro atoms. The van der Waals surface area contributed by atoms with Crippen molar-refractivity contribution in [1.29, 1.82) is 0 Å². The Kier molecular flexibility index (Phi) is 8.66. The van der Waals surface area contributed by atoms with E-state index >= 15 is 0 Å². The highest BCUT2D eigenvalue weighted by molar-refractivity contribution is 5.92. The van der Waals surface area contributed by atoms with Gasteiger partial charge >= 0.3 is 17.9 Å². The van der Waals surface area contributed by atoms with E-state index in [-0.39, 0.29) is 31.5 Å². The molecular formula is C34H46O15. The summed E-state index contributed by atoms with van der Waals surface area (Å²) in [6.07, 6.45) is -8.99. The molecule has 4 heterocycles. The predicted octanol–water partition coefficient (Wildman–Crippen LogP) is 1.03. The van der Waals surface area contributed by atoms with E-state index in [1.807, 2.05) is 6.92 Å². The molecule has 0 radical (unpaired) electrons. The molecule has 6 rings (SSSR count). The number of Topliss-reactive ketones (excluding diaryl/α,β-unsaturated/α-hetero) is 1. The van der Waals surface area contributed by atoms with Crippen LogP contribution in [-0.2, 0) is 42.9 Å². The van der Waals surface area contributed by atoms with Gasteiger partial charge < -0.3 is 53.6 Å². The summed E-state index contributed by atoms with van der Waals surface area (Å²) in [5.74, 6) is -4.14. The molecule has 15 nitrogen and oxygen atoms in total. The summed E-state index contributed by atoms with van der Waals surface area (Å²) in [4.78, 5) is 53.4. The molecule has 3 saturated heterocycles. The smallest absolute Gasteiger partial charge is 0.335 e. The quantitative estimate of drug-likeness (QED) is 0.198. The lowest BCUT2D eigenvalue weighted by atomic mass is 9.37. The Morgan fingerprint density at radius 2 is 1.71 bits per heavy atom. The number of aliphatic hydroxyl groups is 4. The molecule has 2 saturated carbocycles. The third kappa shape index (κ3) is 4.94. The van der Waals surface area contributed by atoms with Crippen LogP contribution in [0.1, 0.15) is 78.9 Å². The maximum absolute atomic E-state index is 14.8. The van der Waals surface area contributed by atoms with Gasteiger partial charge in [0.25, 0.3) is 0 Å². The number of ketones is 1. The fourth-order valence-corrected chi connectivity index (χ4v) is 10.4. The summed E-state index contributed by atoms with van der Waals surface area (Å²) in [7, 11) is 0. The number of carbonyl (C=O) groups is 4. The average Bonchev–Trinajstić information content (AvgIpc) is 3.60. The number of hydrogen-bond acceptors (Lipinski definition) is 14. The van der Waals surface area contributed by atoms with E-state index in [0.29, 0.717) is 5.56 Å². The van der Waals surface area contributed by atoms with Gasteiger partial charge in [0.05, 0.1) is 37.1 Å². The van der Waals surface area contributed by atoms with Gasteiger partial charge in [-0.25, -0.2) is 4.79 Å². The maximum Gasteiger partial charge on any atom is 0.335 e. The number of carboxylic acid groups (broad SMARTS) is 1. The molecule has 49 heavy (non-hydrogen) atoms. The second kappa shape index (κ2) is 11.8. The van der Waals surface area contributed by atoms with E-state index in [2.05, 4.69) is 0 Å². The largest absolute Gasteiger partial charge is 0.479 e. The van der Waals surface area contributed by atoms with Gasteiger partial charge in [-0.1, -0.05) is 13.8 Å². The molecule has 2 aliphatic carbocycles. The van der Waals surface area contributed by atoms with Gasteiger partial charge in [0, 0.05) is 35.7 Å². The van der Waals surface area contributed by atoms with E-state index in [4.69, 9.17) is 28.1 Å². The van der Waals surface area contributed by atoms with Crippen LogP contribution in [0.3, 0.4) is 0 Å². The number of epoxide rings is 1. The monoisotopic (exact) mass is 694 g/mol. The van der Waals surface area contributed by atoms with Gasteiger partial charge in [0.1, 0.15) is 47.5 Å². The van der Waals surface area contributed by atoms with Crippen LogP contribution in [0.15, 0.2) is 23.0 Å². The highest BCUT2D eigenvalue weighted by Gasteiger charge is 2.87. The molecule has 1 aromatic rings. The van der Waals surface area contributed by atoms with Crippen LogP contribution in [0.5, 0.6) is 0 Å². The Balaban J connectivity index is 1.51. The number of fused-ring (bicyclic) bond motifs is 4. The van der Waals surface area contributed by atoms with E-state index < -0.39 is 113 Å². The number of rotatable bonds is 7. The standard InChI is InChI=1S/C34H46O15/c1-15(36)45-21-12-22(38)48-30(2,3)19-11-20(37)33(6)18(32(19,21)5)7-9-31(4,34(33)27(49-34)28(42)43)26(16-8-10-44-14-16)47-29-25(41)24(40)23(39)17(13-35)46-29/h8,10,14,17-19,21,23-27,29,35,39-41H,7,9,11-13H2,1-6H3,(H,42,43)/t17-,18?,19?,21+,23-,24+,25-,26+,27-,29+,31+,32-,33+,34-/m1/s1. The second-order valence-electron chi connectivity index (χ2n) is 15.5. The molecule has 14 atom stereocenters. The van der Waals surface area contributed by atoms with Crippen molar-refractivity contribution in [3.8, 4) is 0 Å². The van der Waals surface area contributed by atoms with Crippen molar-refractivity contribution in [2.24, 2.45) is 28.1 Å². The zero-order valence-corrected chi connectivity index (χ0v) is 28.4. The Labute approximate surface area is 282 Å². The van der Waals surface area contributed by atoms with Crippen LogP contribution in [0.4, 0.5) is 0 Å². The summed E-state index contributed by atoms with van der Waals surface area (Å²) in [6.45, 7) is 9.26. The predicted molar refractivity (Wildman–Crippen MR) is 162 cm³/mol. The molecule has 15 heteroatoms. The van der Waals surface area contributed by atoms with Crippen molar-refractivity contribution < 1.29 is 72.8 Å². The fraction of sp³-hybridized carbons (Fsp3) is 0.765. The number of furan rings is 1. The summed E-state index contributed by atoms with van der Waals surface area (Å²) in [5.41, 5.74) is -6.51. The minimum Gasteiger partial charge on any atom is -0.479 e. The minimum atomic E-state index is -1.78. The van der Waals surface area contributed by atoms with E-state index in [9.17, 15) is 44.7 Å².